The minimum Gasteiger partial charge on any atom is -0.486 e. The average molecular weight is 339 g/mol. The molecule has 1 unspecified atom stereocenters. The molecule has 25 heavy (non-hydrogen) atoms. The summed E-state index contributed by atoms with van der Waals surface area (Å²) in [5, 5.41) is 0. The smallest absolute Gasteiger partial charge is 0.245 e. The molecule has 3 rings (SSSR count). The van der Waals surface area contributed by atoms with E-state index in [0.717, 1.165) is 16.9 Å². The Hall–Kier alpha value is -2.40. The first-order valence-electron chi connectivity index (χ1n) is 8.49. The van der Waals surface area contributed by atoms with Crippen LogP contribution in [0, 0.1) is 0 Å². The molecule has 0 spiro atoms. The quantitative estimate of drug-likeness (QED) is 0.863. The largest absolute Gasteiger partial charge is 0.486 e. The monoisotopic (exact) mass is 339 g/mol. The van der Waals surface area contributed by atoms with Crippen LogP contribution in [0.2, 0.25) is 0 Å². The van der Waals surface area contributed by atoms with E-state index in [4.69, 9.17) is 4.74 Å². The van der Waals surface area contributed by atoms with Crippen LogP contribution in [-0.4, -0.2) is 46.9 Å². The molecule has 0 radical (unpaired) electrons. The molecule has 0 fully saturated rings. The highest BCUT2D eigenvalue weighted by Crippen LogP contribution is 2.31. The topological polar surface area (TPSA) is 45.7 Å². The molecule has 2 aromatic rings. The molecule has 1 amide bonds. The summed E-state index contributed by atoms with van der Waals surface area (Å²) in [6, 6.07) is 11.4. The molecule has 1 aromatic heterocycles. The number of nitrogens with zero attached hydrogens (tertiary/aromatic N) is 3. The first-order valence-corrected chi connectivity index (χ1v) is 8.49. The van der Waals surface area contributed by atoms with E-state index in [-0.39, 0.29) is 11.9 Å². The van der Waals surface area contributed by atoms with E-state index in [1.165, 1.54) is 0 Å². The van der Waals surface area contributed by atoms with Gasteiger partial charge in [0.25, 0.3) is 0 Å². The van der Waals surface area contributed by atoms with Gasteiger partial charge in [0.1, 0.15) is 17.4 Å². The minimum absolute atomic E-state index is 0.0615. The van der Waals surface area contributed by atoms with Crippen LogP contribution in [0.15, 0.2) is 48.8 Å². The van der Waals surface area contributed by atoms with Crippen molar-refractivity contribution in [2.45, 2.75) is 32.0 Å². The molecule has 1 aliphatic rings. The van der Waals surface area contributed by atoms with E-state index in [1.807, 2.05) is 74.1 Å². The minimum atomic E-state index is -0.450. The normalized spacial score (nSPS) is 17.4. The van der Waals surface area contributed by atoms with Gasteiger partial charge in [-0.2, -0.15) is 0 Å². The van der Waals surface area contributed by atoms with Crippen LogP contribution in [0.4, 0.5) is 0 Å². The van der Waals surface area contributed by atoms with Crippen molar-refractivity contribution in [3.8, 4) is 5.75 Å². The van der Waals surface area contributed by atoms with Crippen LogP contribution in [0.5, 0.6) is 5.75 Å². The maximum Gasteiger partial charge on any atom is 0.245 e. The number of hydrogen-bond donors (Lipinski definition) is 0. The number of hydrogen-bond acceptors (Lipinski definition) is 4. The van der Waals surface area contributed by atoms with Gasteiger partial charge < -0.3 is 9.64 Å². The Balaban J connectivity index is 1.95. The van der Waals surface area contributed by atoms with Gasteiger partial charge in [-0.25, -0.2) is 0 Å². The van der Waals surface area contributed by atoms with Crippen LogP contribution >= 0.6 is 0 Å². The van der Waals surface area contributed by atoms with Gasteiger partial charge in [0.05, 0.1) is 6.54 Å². The average Bonchev–Trinajstić information content (AvgIpc) is 2.70. The van der Waals surface area contributed by atoms with Crippen molar-refractivity contribution in [2.24, 2.45) is 0 Å². The third-order valence-corrected chi connectivity index (χ3v) is 4.35. The second-order valence-electron chi connectivity index (χ2n) is 7.32. The lowest BCUT2D eigenvalue weighted by atomic mass is 10.0. The Morgan fingerprint density at radius 1 is 1.24 bits per heavy atom. The van der Waals surface area contributed by atoms with Crippen molar-refractivity contribution in [2.75, 3.05) is 20.6 Å². The molecular weight excluding hydrogens is 314 g/mol. The lowest BCUT2D eigenvalue weighted by molar-refractivity contribution is -0.139. The molecular formula is C20H25N3O2. The van der Waals surface area contributed by atoms with Gasteiger partial charge in [-0.15, -0.1) is 0 Å². The van der Waals surface area contributed by atoms with Crippen molar-refractivity contribution in [1.82, 2.24) is 14.8 Å². The zero-order valence-electron chi connectivity index (χ0n) is 15.3. The Kier molecular flexibility index (Phi) is 4.77. The van der Waals surface area contributed by atoms with Crippen molar-refractivity contribution >= 4 is 5.91 Å². The molecule has 0 N–H and O–H groups in total. The van der Waals surface area contributed by atoms with Crippen molar-refractivity contribution in [3.05, 3.63) is 59.9 Å². The SMILES string of the molecule is CN(C)C(C(=O)N1Cc2ccccc2OC(C)(C)C1)c1cccnc1. The first-order chi connectivity index (χ1) is 11.9. The molecule has 5 nitrogen and oxygen atoms in total. The second-order valence-corrected chi connectivity index (χ2v) is 7.32. The highest BCUT2D eigenvalue weighted by atomic mass is 16.5. The predicted octanol–water partition coefficient (Wildman–Crippen LogP) is 2.88. The van der Waals surface area contributed by atoms with E-state index in [2.05, 4.69) is 4.98 Å². The second kappa shape index (κ2) is 6.84. The molecule has 0 saturated heterocycles. The number of carbonyl (C=O) groups excluding carboxylic acids is 1. The lowest BCUT2D eigenvalue weighted by Crippen LogP contribution is -2.47. The van der Waals surface area contributed by atoms with Gasteiger partial charge in [0, 0.05) is 24.5 Å². The van der Waals surface area contributed by atoms with Gasteiger partial charge in [-0.1, -0.05) is 24.3 Å². The Bertz CT molecular complexity index is 744. The highest BCUT2D eigenvalue weighted by molar-refractivity contribution is 5.83. The summed E-state index contributed by atoms with van der Waals surface area (Å²) in [5.41, 5.74) is 1.48. The maximum absolute atomic E-state index is 13.4. The molecule has 0 saturated carbocycles. The Labute approximate surface area is 149 Å². The number of fused-ring (bicyclic) bond motifs is 1. The molecule has 5 heteroatoms. The number of aromatic nitrogens is 1. The van der Waals surface area contributed by atoms with Crippen LogP contribution in [0.1, 0.15) is 31.0 Å². The predicted molar refractivity (Wildman–Crippen MR) is 97.2 cm³/mol. The maximum atomic E-state index is 13.4. The van der Waals surface area contributed by atoms with Gasteiger partial charge in [-0.05, 0) is 45.6 Å². The molecule has 1 aliphatic heterocycles. The fourth-order valence-electron chi connectivity index (χ4n) is 3.31. The lowest BCUT2D eigenvalue weighted by Gasteiger charge is -2.33. The summed E-state index contributed by atoms with van der Waals surface area (Å²) in [7, 11) is 3.84. The summed E-state index contributed by atoms with van der Waals surface area (Å²) in [5.74, 6) is 0.914. The third-order valence-electron chi connectivity index (χ3n) is 4.35. The van der Waals surface area contributed by atoms with Crippen molar-refractivity contribution in [3.63, 3.8) is 0 Å². The molecule has 132 valence electrons. The summed E-state index contributed by atoms with van der Waals surface area (Å²) in [6.45, 7) is 5.11. The van der Waals surface area contributed by atoms with Crippen LogP contribution in [0.3, 0.4) is 0 Å². The van der Waals surface area contributed by atoms with Gasteiger partial charge in [-0.3, -0.25) is 14.7 Å². The number of para-hydroxylation sites is 1. The number of benzene rings is 1. The van der Waals surface area contributed by atoms with E-state index < -0.39 is 5.60 Å². The summed E-state index contributed by atoms with van der Waals surface area (Å²) < 4.78 is 6.15. The first kappa shape index (κ1) is 17.4. The number of pyridine rings is 1. The molecule has 0 bridgehead atoms. The standard InChI is InChI=1S/C20H25N3O2/c1-20(2)14-23(13-16-8-5-6-10-17(16)25-20)19(24)18(22(3)4)15-9-7-11-21-12-15/h5-12,18H,13-14H2,1-4H3. The van der Waals surface area contributed by atoms with E-state index in [9.17, 15) is 4.79 Å². The Morgan fingerprint density at radius 3 is 2.68 bits per heavy atom. The van der Waals surface area contributed by atoms with Gasteiger partial charge in [0.15, 0.2) is 0 Å². The highest BCUT2D eigenvalue weighted by Gasteiger charge is 2.35. The van der Waals surface area contributed by atoms with Gasteiger partial charge >= 0.3 is 0 Å². The van der Waals surface area contributed by atoms with E-state index in [1.54, 1.807) is 12.4 Å². The fraction of sp³-hybridized carbons (Fsp3) is 0.400. The number of ether oxygens (including phenoxy) is 1. The van der Waals surface area contributed by atoms with Gasteiger partial charge in [0.2, 0.25) is 5.91 Å². The fourth-order valence-corrected chi connectivity index (χ4v) is 3.31. The molecule has 1 atom stereocenters. The Morgan fingerprint density at radius 2 is 2.00 bits per heavy atom. The van der Waals surface area contributed by atoms with E-state index in [0.29, 0.717) is 13.1 Å². The van der Waals surface area contributed by atoms with Crippen LogP contribution in [0.25, 0.3) is 0 Å². The zero-order valence-corrected chi connectivity index (χ0v) is 15.3. The third kappa shape index (κ3) is 3.82. The summed E-state index contributed by atoms with van der Waals surface area (Å²) >= 11 is 0. The zero-order chi connectivity index (χ0) is 18.0. The summed E-state index contributed by atoms with van der Waals surface area (Å²) in [6.07, 6.45) is 3.48. The number of amides is 1. The number of rotatable bonds is 3. The number of carbonyl (C=O) groups is 1. The van der Waals surface area contributed by atoms with Crippen LogP contribution in [-0.2, 0) is 11.3 Å². The van der Waals surface area contributed by atoms with Crippen molar-refractivity contribution < 1.29 is 9.53 Å². The number of likely N-dealkylation sites (N-methyl/N-ethyl adjacent to an activating group) is 1. The molecule has 2 heterocycles. The van der Waals surface area contributed by atoms with Crippen molar-refractivity contribution in [1.29, 1.82) is 0 Å². The molecule has 1 aromatic carbocycles. The summed E-state index contributed by atoms with van der Waals surface area (Å²) in [4.78, 5) is 21.4. The van der Waals surface area contributed by atoms with Crippen LogP contribution < -0.4 is 4.74 Å². The van der Waals surface area contributed by atoms with E-state index >= 15 is 0 Å². The molecule has 0 aliphatic carbocycles.